The molecule has 0 spiro atoms. The Bertz CT molecular complexity index is 625. The fraction of sp³-hybridized carbons (Fsp3) is 0.231. The highest BCUT2D eigenvalue weighted by Gasteiger charge is 2.12. The van der Waals surface area contributed by atoms with E-state index >= 15 is 0 Å². The molecule has 3 N–H and O–H groups in total. The van der Waals surface area contributed by atoms with Crippen LogP contribution in [-0.2, 0) is 6.54 Å². The third-order valence-electron chi connectivity index (χ3n) is 2.62. The predicted octanol–water partition coefficient (Wildman–Crippen LogP) is 2.32. The van der Waals surface area contributed by atoms with E-state index in [0.29, 0.717) is 5.75 Å². The summed E-state index contributed by atoms with van der Waals surface area (Å²) in [4.78, 5) is 0. The third kappa shape index (κ3) is 3.05. The summed E-state index contributed by atoms with van der Waals surface area (Å²) in [7, 11) is 0. The van der Waals surface area contributed by atoms with Crippen LogP contribution in [0.1, 0.15) is 18.9 Å². The smallest absolute Gasteiger partial charge is 0.173 e. The summed E-state index contributed by atoms with van der Waals surface area (Å²) in [6.45, 7) is 2.82. The van der Waals surface area contributed by atoms with Gasteiger partial charge in [-0.25, -0.2) is 4.39 Å². The van der Waals surface area contributed by atoms with Crippen molar-refractivity contribution in [2.24, 2.45) is 10.9 Å². The van der Waals surface area contributed by atoms with Crippen LogP contribution in [0.15, 0.2) is 35.7 Å². The monoisotopic (exact) mass is 278 g/mol. The van der Waals surface area contributed by atoms with E-state index in [-0.39, 0.29) is 17.1 Å². The first kappa shape index (κ1) is 13.9. The van der Waals surface area contributed by atoms with Crippen LogP contribution in [0.3, 0.4) is 0 Å². The minimum Gasteiger partial charge on any atom is -0.453 e. The van der Waals surface area contributed by atoms with Gasteiger partial charge in [0.15, 0.2) is 11.6 Å². The van der Waals surface area contributed by atoms with Gasteiger partial charge >= 0.3 is 0 Å². The summed E-state index contributed by atoms with van der Waals surface area (Å²) < 4.78 is 20.6. The SMILES string of the molecule is CCCn1cc(Oc2ccc(F)cc2/C(N)=N/O)cn1. The number of aromatic nitrogens is 2. The van der Waals surface area contributed by atoms with Crippen molar-refractivity contribution in [3.8, 4) is 11.5 Å². The lowest BCUT2D eigenvalue weighted by molar-refractivity contribution is 0.318. The first-order valence-corrected chi connectivity index (χ1v) is 6.11. The lowest BCUT2D eigenvalue weighted by atomic mass is 10.2. The number of hydrogen-bond donors (Lipinski definition) is 2. The molecule has 0 saturated carbocycles. The quantitative estimate of drug-likeness (QED) is 0.380. The maximum absolute atomic E-state index is 13.2. The van der Waals surface area contributed by atoms with Crippen LogP contribution in [0.4, 0.5) is 4.39 Å². The molecule has 2 rings (SSSR count). The largest absolute Gasteiger partial charge is 0.453 e. The Morgan fingerprint density at radius 1 is 1.55 bits per heavy atom. The van der Waals surface area contributed by atoms with E-state index in [0.717, 1.165) is 19.0 Å². The number of nitrogens with zero attached hydrogens (tertiary/aromatic N) is 3. The highest BCUT2D eigenvalue weighted by atomic mass is 19.1. The molecular formula is C13H15FN4O2. The normalized spacial score (nSPS) is 11.6. The number of nitrogens with two attached hydrogens (primary N) is 1. The van der Waals surface area contributed by atoms with Crippen LogP contribution in [0.25, 0.3) is 0 Å². The molecule has 0 radical (unpaired) electrons. The summed E-state index contributed by atoms with van der Waals surface area (Å²) >= 11 is 0. The van der Waals surface area contributed by atoms with Gasteiger partial charge in [0.2, 0.25) is 0 Å². The number of aryl methyl sites for hydroxylation is 1. The van der Waals surface area contributed by atoms with Crippen molar-refractivity contribution in [2.75, 3.05) is 0 Å². The highest BCUT2D eigenvalue weighted by molar-refractivity contribution is 5.99. The van der Waals surface area contributed by atoms with E-state index in [9.17, 15) is 4.39 Å². The van der Waals surface area contributed by atoms with Crippen molar-refractivity contribution in [1.82, 2.24) is 9.78 Å². The van der Waals surface area contributed by atoms with Crippen LogP contribution in [0.5, 0.6) is 11.5 Å². The van der Waals surface area contributed by atoms with Gasteiger partial charge < -0.3 is 15.7 Å². The van der Waals surface area contributed by atoms with Gasteiger partial charge in [0.25, 0.3) is 0 Å². The number of oxime groups is 1. The summed E-state index contributed by atoms with van der Waals surface area (Å²) in [5.41, 5.74) is 5.68. The predicted molar refractivity (Wildman–Crippen MR) is 71.5 cm³/mol. The number of hydrogen-bond acceptors (Lipinski definition) is 4. The molecule has 0 saturated heterocycles. The molecular weight excluding hydrogens is 263 g/mol. The van der Waals surface area contributed by atoms with E-state index < -0.39 is 5.82 Å². The topological polar surface area (TPSA) is 85.7 Å². The van der Waals surface area contributed by atoms with Gasteiger partial charge in [-0.2, -0.15) is 5.10 Å². The molecule has 0 amide bonds. The summed E-state index contributed by atoms with van der Waals surface area (Å²) in [6.07, 6.45) is 4.23. The molecule has 2 aromatic rings. The molecule has 20 heavy (non-hydrogen) atoms. The minimum absolute atomic E-state index is 0.177. The Hall–Kier alpha value is -2.57. The second kappa shape index (κ2) is 6.05. The van der Waals surface area contributed by atoms with Crippen molar-refractivity contribution in [3.05, 3.63) is 42.0 Å². The van der Waals surface area contributed by atoms with E-state index in [4.69, 9.17) is 15.7 Å². The van der Waals surface area contributed by atoms with Crippen molar-refractivity contribution < 1.29 is 14.3 Å². The molecule has 0 unspecified atom stereocenters. The van der Waals surface area contributed by atoms with Crippen LogP contribution >= 0.6 is 0 Å². The van der Waals surface area contributed by atoms with Gasteiger partial charge in [-0.3, -0.25) is 4.68 Å². The fourth-order valence-corrected chi connectivity index (χ4v) is 1.72. The van der Waals surface area contributed by atoms with Gasteiger partial charge in [-0.1, -0.05) is 12.1 Å². The zero-order chi connectivity index (χ0) is 14.5. The Balaban J connectivity index is 2.28. The molecule has 106 valence electrons. The van der Waals surface area contributed by atoms with Crippen LogP contribution < -0.4 is 10.5 Å². The molecule has 0 fully saturated rings. The van der Waals surface area contributed by atoms with Crippen LogP contribution in [0.2, 0.25) is 0 Å². The first-order valence-electron chi connectivity index (χ1n) is 6.11. The Kier molecular flexibility index (Phi) is 4.19. The maximum atomic E-state index is 13.2. The number of amidine groups is 1. The lowest BCUT2D eigenvalue weighted by Crippen LogP contribution is -2.14. The molecule has 0 aliphatic carbocycles. The molecule has 0 aliphatic rings. The summed E-state index contributed by atoms with van der Waals surface area (Å²) in [6, 6.07) is 3.79. The van der Waals surface area contributed by atoms with Gasteiger partial charge in [0.05, 0.1) is 18.0 Å². The van der Waals surface area contributed by atoms with Gasteiger partial charge in [0.1, 0.15) is 11.6 Å². The second-order valence-corrected chi connectivity index (χ2v) is 4.17. The Labute approximate surface area is 115 Å². The number of halogens is 1. The highest BCUT2D eigenvalue weighted by Crippen LogP contribution is 2.25. The van der Waals surface area contributed by atoms with E-state index in [1.54, 1.807) is 17.1 Å². The fourth-order valence-electron chi connectivity index (χ4n) is 1.72. The van der Waals surface area contributed by atoms with Crippen molar-refractivity contribution in [1.29, 1.82) is 0 Å². The molecule has 0 bridgehead atoms. The average Bonchev–Trinajstić information content (AvgIpc) is 2.88. The van der Waals surface area contributed by atoms with E-state index in [2.05, 4.69) is 10.3 Å². The second-order valence-electron chi connectivity index (χ2n) is 4.17. The third-order valence-corrected chi connectivity index (χ3v) is 2.62. The summed E-state index contributed by atoms with van der Waals surface area (Å²) in [5, 5.41) is 15.7. The molecule has 7 heteroatoms. The van der Waals surface area contributed by atoms with Gasteiger partial charge in [-0.05, 0) is 24.6 Å². The molecule has 0 atom stereocenters. The lowest BCUT2D eigenvalue weighted by Gasteiger charge is -2.08. The van der Waals surface area contributed by atoms with Crippen LogP contribution in [0, 0.1) is 5.82 Å². The molecule has 1 heterocycles. The van der Waals surface area contributed by atoms with Gasteiger partial charge in [0, 0.05) is 6.54 Å². The zero-order valence-electron chi connectivity index (χ0n) is 11.0. The number of rotatable bonds is 5. The zero-order valence-corrected chi connectivity index (χ0v) is 11.0. The van der Waals surface area contributed by atoms with E-state index in [1.807, 2.05) is 6.92 Å². The van der Waals surface area contributed by atoms with Crippen molar-refractivity contribution >= 4 is 5.84 Å². The number of ether oxygens (including phenoxy) is 1. The standard InChI is InChI=1S/C13H15FN4O2/c1-2-5-18-8-10(7-16-18)20-12-4-3-9(14)6-11(12)13(15)17-19/h3-4,6-8,19H,2,5H2,1H3,(H2,15,17). The minimum atomic E-state index is -0.499. The summed E-state index contributed by atoms with van der Waals surface area (Å²) in [5.74, 6) is 0.0656. The Morgan fingerprint density at radius 3 is 3.05 bits per heavy atom. The van der Waals surface area contributed by atoms with Crippen molar-refractivity contribution in [2.45, 2.75) is 19.9 Å². The molecule has 1 aromatic heterocycles. The van der Waals surface area contributed by atoms with Crippen molar-refractivity contribution in [3.63, 3.8) is 0 Å². The van der Waals surface area contributed by atoms with E-state index in [1.165, 1.54) is 12.1 Å². The molecule has 6 nitrogen and oxygen atoms in total. The van der Waals surface area contributed by atoms with Crippen LogP contribution in [-0.4, -0.2) is 20.8 Å². The average molecular weight is 278 g/mol. The molecule has 0 aliphatic heterocycles. The maximum Gasteiger partial charge on any atom is 0.173 e. The molecule has 1 aromatic carbocycles. The first-order chi connectivity index (χ1) is 9.63. The van der Waals surface area contributed by atoms with Gasteiger partial charge in [-0.15, -0.1) is 0 Å². The number of benzene rings is 1. The Morgan fingerprint density at radius 2 is 2.35 bits per heavy atom.